The van der Waals surface area contributed by atoms with Crippen LogP contribution in [0.4, 0.5) is 0 Å². The van der Waals surface area contributed by atoms with Gasteiger partial charge in [-0.2, -0.15) is 0 Å². The summed E-state index contributed by atoms with van der Waals surface area (Å²) < 4.78 is 0. The molecule has 0 aromatic heterocycles. The van der Waals surface area contributed by atoms with E-state index in [9.17, 15) is 9.59 Å². The first-order chi connectivity index (χ1) is 9.10. The van der Waals surface area contributed by atoms with Gasteiger partial charge in [0.2, 0.25) is 5.91 Å². The monoisotopic (exact) mass is 256 g/mol. The average Bonchev–Trinajstić information content (AvgIpc) is 2.65. The van der Waals surface area contributed by atoms with Gasteiger partial charge in [-0.25, -0.2) is 0 Å². The standard InChI is InChI=1S/C15H16N2O2/c1-3-14(18)16-8-12(9-16)17-7-11-5-4-10(2)6-13(11)15(17)19/h3-6,12H,1,7-9H2,2H3. The summed E-state index contributed by atoms with van der Waals surface area (Å²) in [5.41, 5.74) is 3.00. The van der Waals surface area contributed by atoms with Crippen LogP contribution in [0.25, 0.3) is 0 Å². The first kappa shape index (κ1) is 12.0. The third-order valence-corrected chi connectivity index (χ3v) is 3.89. The Kier molecular flexibility index (Phi) is 2.66. The number of likely N-dealkylation sites (tertiary alicyclic amines) is 1. The van der Waals surface area contributed by atoms with Crippen molar-refractivity contribution in [3.05, 3.63) is 47.5 Å². The predicted molar refractivity (Wildman–Crippen MR) is 71.6 cm³/mol. The Morgan fingerprint density at radius 2 is 2.16 bits per heavy atom. The summed E-state index contributed by atoms with van der Waals surface area (Å²) in [7, 11) is 0. The Morgan fingerprint density at radius 1 is 1.42 bits per heavy atom. The Morgan fingerprint density at radius 3 is 2.84 bits per heavy atom. The normalized spacial score (nSPS) is 18.3. The van der Waals surface area contributed by atoms with Crippen molar-refractivity contribution in [1.29, 1.82) is 0 Å². The second-order valence-corrected chi connectivity index (χ2v) is 5.19. The maximum atomic E-state index is 12.3. The molecule has 19 heavy (non-hydrogen) atoms. The highest BCUT2D eigenvalue weighted by molar-refractivity contribution is 5.99. The number of rotatable bonds is 2. The molecule has 2 aliphatic heterocycles. The SMILES string of the molecule is C=CC(=O)N1CC(N2Cc3ccc(C)cc3C2=O)C1. The number of hydrogen-bond acceptors (Lipinski definition) is 2. The largest absolute Gasteiger partial charge is 0.335 e. The second kappa shape index (κ2) is 4.23. The van der Waals surface area contributed by atoms with Crippen LogP contribution in [0.3, 0.4) is 0 Å². The van der Waals surface area contributed by atoms with Crippen molar-refractivity contribution < 1.29 is 9.59 Å². The molecule has 1 saturated heterocycles. The molecule has 98 valence electrons. The maximum absolute atomic E-state index is 12.3. The molecular weight excluding hydrogens is 240 g/mol. The molecule has 2 amide bonds. The number of fused-ring (bicyclic) bond motifs is 1. The topological polar surface area (TPSA) is 40.6 Å². The number of amides is 2. The van der Waals surface area contributed by atoms with Gasteiger partial charge >= 0.3 is 0 Å². The molecule has 3 rings (SSSR count). The van der Waals surface area contributed by atoms with Gasteiger partial charge in [0.25, 0.3) is 5.91 Å². The highest BCUT2D eigenvalue weighted by atomic mass is 16.2. The second-order valence-electron chi connectivity index (χ2n) is 5.19. The van der Waals surface area contributed by atoms with E-state index in [0.29, 0.717) is 19.6 Å². The number of aryl methyl sites for hydroxylation is 1. The van der Waals surface area contributed by atoms with Gasteiger partial charge in [0.05, 0.1) is 6.04 Å². The van der Waals surface area contributed by atoms with Crippen molar-refractivity contribution in [3.8, 4) is 0 Å². The zero-order valence-electron chi connectivity index (χ0n) is 10.9. The molecule has 0 spiro atoms. The van der Waals surface area contributed by atoms with Crippen molar-refractivity contribution in [3.63, 3.8) is 0 Å². The molecule has 0 radical (unpaired) electrons. The van der Waals surface area contributed by atoms with Gasteiger partial charge in [0.1, 0.15) is 0 Å². The van der Waals surface area contributed by atoms with Crippen molar-refractivity contribution in [2.24, 2.45) is 0 Å². The molecule has 0 bridgehead atoms. The van der Waals surface area contributed by atoms with Gasteiger partial charge in [-0.15, -0.1) is 0 Å². The van der Waals surface area contributed by atoms with Gasteiger partial charge in [-0.05, 0) is 24.6 Å². The highest BCUT2D eigenvalue weighted by Crippen LogP contribution is 2.28. The van der Waals surface area contributed by atoms with Crippen molar-refractivity contribution in [1.82, 2.24) is 9.80 Å². The van der Waals surface area contributed by atoms with E-state index >= 15 is 0 Å². The van der Waals surface area contributed by atoms with Gasteiger partial charge < -0.3 is 9.80 Å². The maximum Gasteiger partial charge on any atom is 0.254 e. The first-order valence-electron chi connectivity index (χ1n) is 6.42. The summed E-state index contributed by atoms with van der Waals surface area (Å²) in [4.78, 5) is 27.3. The zero-order chi connectivity index (χ0) is 13.6. The lowest BCUT2D eigenvalue weighted by atomic mass is 10.1. The molecule has 0 aliphatic carbocycles. The Hall–Kier alpha value is -2.10. The minimum Gasteiger partial charge on any atom is -0.335 e. The van der Waals surface area contributed by atoms with E-state index in [4.69, 9.17) is 0 Å². The van der Waals surface area contributed by atoms with Crippen LogP contribution in [-0.4, -0.2) is 40.7 Å². The smallest absolute Gasteiger partial charge is 0.254 e. The lowest BCUT2D eigenvalue weighted by Gasteiger charge is -2.43. The fourth-order valence-electron chi connectivity index (χ4n) is 2.69. The van der Waals surface area contributed by atoms with Crippen molar-refractivity contribution in [2.75, 3.05) is 13.1 Å². The lowest BCUT2D eigenvalue weighted by molar-refractivity contribution is -0.132. The molecule has 0 unspecified atom stereocenters. The van der Waals surface area contributed by atoms with Crippen LogP contribution in [0.5, 0.6) is 0 Å². The zero-order valence-corrected chi connectivity index (χ0v) is 10.9. The Bertz CT molecular complexity index is 574. The Labute approximate surface area is 112 Å². The van der Waals surface area contributed by atoms with E-state index in [-0.39, 0.29) is 17.9 Å². The number of hydrogen-bond donors (Lipinski definition) is 0. The third-order valence-electron chi connectivity index (χ3n) is 3.89. The van der Waals surface area contributed by atoms with Gasteiger partial charge in [0.15, 0.2) is 0 Å². The molecular formula is C15H16N2O2. The van der Waals surface area contributed by atoms with Crippen molar-refractivity contribution in [2.45, 2.75) is 19.5 Å². The molecule has 4 nitrogen and oxygen atoms in total. The first-order valence-corrected chi connectivity index (χ1v) is 6.42. The van der Waals surface area contributed by atoms with Gasteiger partial charge in [0, 0.05) is 25.2 Å². The van der Waals surface area contributed by atoms with Gasteiger partial charge in [-0.3, -0.25) is 9.59 Å². The number of nitrogens with zero attached hydrogens (tertiary/aromatic N) is 2. The highest BCUT2D eigenvalue weighted by Gasteiger charge is 2.40. The molecule has 0 saturated carbocycles. The van der Waals surface area contributed by atoms with E-state index in [0.717, 1.165) is 16.7 Å². The van der Waals surface area contributed by atoms with Crippen LogP contribution < -0.4 is 0 Å². The molecule has 1 aromatic carbocycles. The van der Waals surface area contributed by atoms with E-state index < -0.39 is 0 Å². The van der Waals surface area contributed by atoms with E-state index in [2.05, 4.69) is 6.58 Å². The molecule has 1 fully saturated rings. The molecule has 0 N–H and O–H groups in total. The fourth-order valence-corrected chi connectivity index (χ4v) is 2.69. The quantitative estimate of drug-likeness (QED) is 0.749. The summed E-state index contributed by atoms with van der Waals surface area (Å²) in [6.07, 6.45) is 1.32. The fraction of sp³-hybridized carbons (Fsp3) is 0.333. The summed E-state index contributed by atoms with van der Waals surface area (Å²) in [5, 5.41) is 0. The Balaban J connectivity index is 1.72. The van der Waals surface area contributed by atoms with Gasteiger partial charge in [-0.1, -0.05) is 24.3 Å². The van der Waals surface area contributed by atoms with Crippen LogP contribution >= 0.6 is 0 Å². The van der Waals surface area contributed by atoms with E-state index in [1.807, 2.05) is 30.0 Å². The predicted octanol–water partition coefficient (Wildman–Crippen LogP) is 1.35. The van der Waals surface area contributed by atoms with Crippen LogP contribution in [0, 0.1) is 6.92 Å². The molecule has 4 heteroatoms. The van der Waals surface area contributed by atoms with Crippen LogP contribution in [0.15, 0.2) is 30.9 Å². The summed E-state index contributed by atoms with van der Waals surface area (Å²) in [6.45, 7) is 7.35. The minimum atomic E-state index is -0.0590. The van der Waals surface area contributed by atoms with E-state index in [1.54, 1.807) is 4.90 Å². The van der Waals surface area contributed by atoms with Crippen LogP contribution in [0.2, 0.25) is 0 Å². The summed E-state index contributed by atoms with van der Waals surface area (Å²) in [5.74, 6) is 0.0330. The van der Waals surface area contributed by atoms with Crippen LogP contribution in [-0.2, 0) is 11.3 Å². The molecule has 1 aromatic rings. The van der Waals surface area contributed by atoms with Crippen molar-refractivity contribution >= 4 is 11.8 Å². The average molecular weight is 256 g/mol. The number of carbonyl (C=O) groups excluding carboxylic acids is 2. The minimum absolute atomic E-state index is 0.0590. The summed E-state index contributed by atoms with van der Waals surface area (Å²) >= 11 is 0. The lowest BCUT2D eigenvalue weighted by Crippen LogP contribution is -2.60. The molecule has 2 heterocycles. The molecule has 0 atom stereocenters. The van der Waals surface area contributed by atoms with Crippen LogP contribution in [0.1, 0.15) is 21.5 Å². The van der Waals surface area contributed by atoms with E-state index in [1.165, 1.54) is 6.08 Å². The number of benzene rings is 1. The number of carbonyl (C=O) groups is 2. The summed E-state index contributed by atoms with van der Waals surface area (Å²) in [6, 6.07) is 6.14. The molecule has 2 aliphatic rings. The third kappa shape index (κ3) is 1.84.